The van der Waals surface area contributed by atoms with Crippen molar-refractivity contribution in [3.63, 3.8) is 0 Å². The molecule has 0 spiro atoms. The SMILES string of the molecule is N#Cc1cc(C(=O)NNC(=O)c2occ(COCc3ccccc3)c2-c2ccccc2)ccc1O. The lowest BCUT2D eigenvalue weighted by Crippen LogP contribution is -2.41. The van der Waals surface area contributed by atoms with Gasteiger partial charge in [-0.2, -0.15) is 5.26 Å². The Morgan fingerprint density at radius 3 is 2.31 bits per heavy atom. The van der Waals surface area contributed by atoms with Crippen molar-refractivity contribution in [3.8, 4) is 22.9 Å². The summed E-state index contributed by atoms with van der Waals surface area (Å²) >= 11 is 0. The van der Waals surface area contributed by atoms with Gasteiger partial charge >= 0.3 is 5.91 Å². The van der Waals surface area contributed by atoms with Crippen LogP contribution in [0.3, 0.4) is 0 Å². The zero-order chi connectivity index (χ0) is 24.6. The van der Waals surface area contributed by atoms with Gasteiger partial charge in [-0.1, -0.05) is 60.7 Å². The number of phenolic OH excluding ortho intramolecular Hbond substituents is 1. The minimum absolute atomic E-state index is 0.0123. The maximum Gasteiger partial charge on any atom is 0.306 e. The first-order valence-corrected chi connectivity index (χ1v) is 10.7. The lowest BCUT2D eigenvalue weighted by atomic mass is 10.0. The van der Waals surface area contributed by atoms with E-state index < -0.39 is 11.8 Å². The van der Waals surface area contributed by atoms with Crippen molar-refractivity contribution in [2.24, 2.45) is 0 Å². The van der Waals surface area contributed by atoms with E-state index in [0.29, 0.717) is 17.7 Å². The number of nitrogens with one attached hydrogen (secondary N) is 2. The van der Waals surface area contributed by atoms with Gasteiger partial charge in [0, 0.05) is 16.7 Å². The van der Waals surface area contributed by atoms with Crippen LogP contribution in [-0.4, -0.2) is 16.9 Å². The van der Waals surface area contributed by atoms with Gasteiger partial charge in [0.1, 0.15) is 11.8 Å². The van der Waals surface area contributed by atoms with Crippen LogP contribution >= 0.6 is 0 Å². The average molecular weight is 467 g/mol. The molecule has 0 unspecified atom stereocenters. The van der Waals surface area contributed by atoms with Gasteiger partial charge < -0.3 is 14.3 Å². The number of ether oxygens (including phenoxy) is 1. The topological polar surface area (TPSA) is 125 Å². The molecule has 1 aromatic heterocycles. The molecule has 0 aliphatic rings. The quantitative estimate of drug-likeness (QED) is 0.348. The van der Waals surface area contributed by atoms with Crippen LogP contribution in [0.4, 0.5) is 0 Å². The van der Waals surface area contributed by atoms with Crippen LogP contribution in [-0.2, 0) is 18.0 Å². The number of rotatable bonds is 7. The smallest absolute Gasteiger partial charge is 0.306 e. The molecule has 0 fully saturated rings. The Morgan fingerprint density at radius 1 is 0.914 bits per heavy atom. The minimum atomic E-state index is -0.661. The average Bonchev–Trinajstić information content (AvgIpc) is 3.32. The van der Waals surface area contributed by atoms with Crippen LogP contribution in [0.1, 0.15) is 37.6 Å². The summed E-state index contributed by atoms with van der Waals surface area (Å²) in [7, 11) is 0. The predicted molar refractivity (Wildman–Crippen MR) is 127 cm³/mol. The number of hydrogen-bond acceptors (Lipinski definition) is 6. The number of hydrogen-bond donors (Lipinski definition) is 3. The van der Waals surface area contributed by atoms with Crippen LogP contribution in [0.2, 0.25) is 0 Å². The standard InChI is InChI=1S/C27H21N3O5/c28-14-21-13-20(11-12-23(21)31)26(32)29-30-27(33)25-24(19-9-5-2-6-10-19)22(17-35-25)16-34-15-18-7-3-1-4-8-18/h1-13,17,31H,15-16H2,(H,29,32)(H,30,33). The van der Waals surface area contributed by atoms with Crippen molar-refractivity contribution < 1.29 is 23.8 Å². The van der Waals surface area contributed by atoms with Crippen LogP contribution in [0.5, 0.6) is 5.75 Å². The van der Waals surface area contributed by atoms with Gasteiger partial charge in [0.25, 0.3) is 5.91 Å². The number of aromatic hydroxyl groups is 1. The summed E-state index contributed by atoms with van der Waals surface area (Å²) in [4.78, 5) is 25.3. The van der Waals surface area contributed by atoms with Crippen molar-refractivity contribution in [2.45, 2.75) is 13.2 Å². The van der Waals surface area contributed by atoms with Gasteiger partial charge in [0.2, 0.25) is 5.76 Å². The molecule has 8 nitrogen and oxygen atoms in total. The van der Waals surface area contributed by atoms with Crippen LogP contribution in [0.25, 0.3) is 11.1 Å². The highest BCUT2D eigenvalue weighted by Crippen LogP contribution is 2.30. The summed E-state index contributed by atoms with van der Waals surface area (Å²) in [5, 5.41) is 18.6. The highest BCUT2D eigenvalue weighted by Gasteiger charge is 2.22. The molecule has 0 radical (unpaired) electrons. The molecule has 8 heteroatoms. The fourth-order valence-electron chi connectivity index (χ4n) is 3.45. The highest BCUT2D eigenvalue weighted by molar-refractivity contribution is 6.01. The van der Waals surface area contributed by atoms with Crippen LogP contribution < -0.4 is 10.9 Å². The molecule has 0 saturated heterocycles. The lowest BCUT2D eigenvalue weighted by Gasteiger charge is -2.09. The third-order valence-electron chi connectivity index (χ3n) is 5.17. The first kappa shape index (κ1) is 23.3. The molecule has 0 aliphatic heterocycles. The number of amides is 2. The summed E-state index contributed by atoms with van der Waals surface area (Å²) in [6, 6.07) is 24.6. The molecule has 174 valence electrons. The van der Waals surface area contributed by atoms with E-state index in [-0.39, 0.29) is 29.2 Å². The monoisotopic (exact) mass is 467 g/mol. The van der Waals surface area contributed by atoms with Gasteiger partial charge in [0.05, 0.1) is 25.0 Å². The largest absolute Gasteiger partial charge is 0.507 e. The number of carbonyl (C=O) groups excluding carboxylic acids is 2. The highest BCUT2D eigenvalue weighted by atomic mass is 16.5. The number of carbonyl (C=O) groups is 2. The second kappa shape index (κ2) is 10.8. The van der Waals surface area contributed by atoms with E-state index in [1.807, 2.05) is 60.7 Å². The van der Waals surface area contributed by atoms with E-state index in [2.05, 4.69) is 10.9 Å². The fraction of sp³-hybridized carbons (Fsp3) is 0.0741. The Morgan fingerprint density at radius 2 is 1.60 bits per heavy atom. The Hall–Kier alpha value is -4.87. The van der Waals surface area contributed by atoms with Crippen molar-refractivity contribution in [1.82, 2.24) is 10.9 Å². The minimum Gasteiger partial charge on any atom is -0.507 e. The molecule has 1 heterocycles. The Kier molecular flexibility index (Phi) is 7.21. The van der Waals surface area contributed by atoms with Gasteiger partial charge in [-0.25, -0.2) is 0 Å². The zero-order valence-corrected chi connectivity index (χ0v) is 18.5. The van der Waals surface area contributed by atoms with Crippen molar-refractivity contribution in [3.05, 3.63) is 113 Å². The Bertz CT molecular complexity index is 1380. The first-order chi connectivity index (χ1) is 17.1. The summed E-state index contributed by atoms with van der Waals surface area (Å²) in [6.45, 7) is 0.613. The molecule has 0 saturated carbocycles. The zero-order valence-electron chi connectivity index (χ0n) is 18.5. The maximum atomic E-state index is 12.9. The lowest BCUT2D eigenvalue weighted by molar-refractivity contribution is 0.0831. The maximum absolute atomic E-state index is 12.9. The molecular weight excluding hydrogens is 446 g/mol. The summed E-state index contributed by atoms with van der Waals surface area (Å²) in [6.07, 6.45) is 1.46. The predicted octanol–water partition coefficient (Wildman–Crippen LogP) is 4.32. The molecule has 3 aromatic carbocycles. The number of phenols is 1. The van der Waals surface area contributed by atoms with Gasteiger partial charge in [0.15, 0.2) is 0 Å². The Balaban J connectivity index is 1.49. The van der Waals surface area contributed by atoms with Crippen molar-refractivity contribution in [1.29, 1.82) is 5.26 Å². The van der Waals surface area contributed by atoms with E-state index in [1.54, 1.807) is 6.07 Å². The molecular formula is C27H21N3O5. The summed E-state index contributed by atoms with van der Waals surface area (Å²) < 4.78 is 11.4. The van der Waals surface area contributed by atoms with Crippen molar-refractivity contribution >= 4 is 11.8 Å². The molecule has 2 amide bonds. The molecule has 4 aromatic rings. The van der Waals surface area contributed by atoms with Crippen LogP contribution in [0, 0.1) is 11.3 Å². The molecule has 0 aliphatic carbocycles. The second-order valence-corrected chi connectivity index (χ2v) is 7.56. The second-order valence-electron chi connectivity index (χ2n) is 7.56. The molecule has 0 bridgehead atoms. The normalized spacial score (nSPS) is 10.4. The number of nitrogens with zero attached hydrogens (tertiary/aromatic N) is 1. The first-order valence-electron chi connectivity index (χ1n) is 10.7. The van der Waals surface area contributed by atoms with Gasteiger partial charge in [-0.15, -0.1) is 0 Å². The molecule has 35 heavy (non-hydrogen) atoms. The van der Waals surface area contributed by atoms with E-state index in [9.17, 15) is 14.7 Å². The Labute approximate surface area is 201 Å². The third kappa shape index (κ3) is 5.55. The van der Waals surface area contributed by atoms with Gasteiger partial charge in [-0.05, 0) is 29.3 Å². The molecule has 3 N–H and O–H groups in total. The molecule has 4 rings (SSSR count). The number of nitriles is 1. The van der Waals surface area contributed by atoms with Crippen molar-refractivity contribution in [2.75, 3.05) is 0 Å². The van der Waals surface area contributed by atoms with Gasteiger partial charge in [-0.3, -0.25) is 20.4 Å². The van der Waals surface area contributed by atoms with E-state index >= 15 is 0 Å². The summed E-state index contributed by atoms with van der Waals surface area (Å²) in [5.74, 6) is -1.55. The number of benzene rings is 3. The molecule has 0 atom stereocenters. The third-order valence-corrected chi connectivity index (χ3v) is 5.17. The number of furan rings is 1. The van der Waals surface area contributed by atoms with E-state index in [0.717, 1.165) is 11.1 Å². The van der Waals surface area contributed by atoms with E-state index in [4.69, 9.17) is 14.4 Å². The summed E-state index contributed by atoms with van der Waals surface area (Å²) in [5.41, 5.74) is 7.69. The van der Waals surface area contributed by atoms with Crippen LogP contribution in [0.15, 0.2) is 89.5 Å². The fourth-order valence-corrected chi connectivity index (χ4v) is 3.45. The number of hydrazine groups is 1. The van der Waals surface area contributed by atoms with E-state index in [1.165, 1.54) is 24.5 Å².